The Hall–Kier alpha value is -4.40. The van der Waals surface area contributed by atoms with Gasteiger partial charge in [-0.15, -0.1) is 0 Å². The van der Waals surface area contributed by atoms with Crippen molar-refractivity contribution in [2.45, 2.75) is 5.92 Å². The lowest BCUT2D eigenvalue weighted by molar-refractivity contribution is 1.01. The van der Waals surface area contributed by atoms with E-state index in [4.69, 9.17) is 0 Å². The summed E-state index contributed by atoms with van der Waals surface area (Å²) in [5.74, 6) is 0.254. The summed E-state index contributed by atoms with van der Waals surface area (Å²) in [6.07, 6.45) is 0. The van der Waals surface area contributed by atoms with E-state index in [1.807, 2.05) is 0 Å². The number of halogens is 1. The van der Waals surface area contributed by atoms with E-state index >= 15 is 0 Å². The molecule has 1 aliphatic rings. The van der Waals surface area contributed by atoms with Crippen molar-refractivity contribution in [2.24, 2.45) is 0 Å². The largest absolute Gasteiger partial charge is 0.309 e. The molecule has 7 aromatic rings. The molecule has 0 bridgehead atoms. The minimum atomic E-state index is 0.254. The fourth-order valence-corrected chi connectivity index (χ4v) is 6.78. The minimum Gasteiger partial charge on any atom is -0.309 e. The molecule has 1 heterocycles. The summed E-state index contributed by atoms with van der Waals surface area (Å²) in [6.45, 7) is 0. The van der Waals surface area contributed by atoms with Crippen LogP contribution in [0.5, 0.6) is 0 Å². The third-order valence-corrected chi connectivity index (χ3v) is 8.63. The highest BCUT2D eigenvalue weighted by molar-refractivity contribution is 9.10. The normalized spacial score (nSPS) is 14.0. The predicted octanol–water partition coefficient (Wildman–Crippen LogP) is 10.4. The molecule has 6 aromatic carbocycles. The lowest BCUT2D eigenvalue weighted by atomic mass is 9.89. The van der Waals surface area contributed by atoms with Gasteiger partial charge >= 0.3 is 0 Å². The van der Waals surface area contributed by atoms with Crippen LogP contribution < -0.4 is 0 Å². The third-order valence-electron chi connectivity index (χ3n) is 8.13. The summed E-state index contributed by atoms with van der Waals surface area (Å²) in [7, 11) is 0. The highest BCUT2D eigenvalue weighted by Crippen LogP contribution is 2.50. The molecule has 184 valence electrons. The van der Waals surface area contributed by atoms with Gasteiger partial charge in [0, 0.05) is 26.9 Å². The van der Waals surface area contributed by atoms with Crippen molar-refractivity contribution in [1.29, 1.82) is 0 Å². The van der Waals surface area contributed by atoms with Crippen LogP contribution in [-0.4, -0.2) is 4.57 Å². The zero-order valence-electron chi connectivity index (χ0n) is 21.2. The van der Waals surface area contributed by atoms with Crippen molar-refractivity contribution in [3.63, 3.8) is 0 Å². The molecule has 1 nitrogen and oxygen atoms in total. The standard InChI is InChI=1S/C37H24BrN/c38-27-17-19-31-33(23-27)32-21-25(15-18-30(32)37(31)24-9-3-1-4-10-24)26-16-20-36-34(22-26)29-13-7-8-14-35(29)39(36)28-11-5-2-6-12-28/h1-23,37H. The summed E-state index contributed by atoms with van der Waals surface area (Å²) in [4.78, 5) is 0. The number of rotatable bonds is 3. The average molecular weight is 563 g/mol. The number of para-hydroxylation sites is 2. The van der Waals surface area contributed by atoms with E-state index < -0.39 is 0 Å². The second-order valence-electron chi connectivity index (χ2n) is 10.3. The number of hydrogen-bond donors (Lipinski definition) is 0. The topological polar surface area (TPSA) is 4.93 Å². The van der Waals surface area contributed by atoms with Crippen LogP contribution in [-0.2, 0) is 0 Å². The molecule has 1 aromatic heterocycles. The maximum atomic E-state index is 3.73. The van der Waals surface area contributed by atoms with E-state index in [9.17, 15) is 0 Å². The number of nitrogens with zero attached hydrogens (tertiary/aromatic N) is 1. The molecule has 0 saturated heterocycles. The Bertz CT molecular complexity index is 2020. The molecular formula is C37H24BrN. The third kappa shape index (κ3) is 3.52. The molecular weight excluding hydrogens is 538 g/mol. The van der Waals surface area contributed by atoms with E-state index in [2.05, 4.69) is 160 Å². The molecule has 0 fully saturated rings. The van der Waals surface area contributed by atoms with Crippen molar-refractivity contribution in [3.05, 3.63) is 161 Å². The van der Waals surface area contributed by atoms with Crippen LogP contribution in [0.1, 0.15) is 22.6 Å². The van der Waals surface area contributed by atoms with E-state index in [1.165, 1.54) is 66.4 Å². The van der Waals surface area contributed by atoms with Gasteiger partial charge in [-0.05, 0) is 87.5 Å². The van der Waals surface area contributed by atoms with Gasteiger partial charge in [0.05, 0.1) is 11.0 Å². The van der Waals surface area contributed by atoms with Crippen LogP contribution in [0.15, 0.2) is 144 Å². The smallest absolute Gasteiger partial charge is 0.0541 e. The monoisotopic (exact) mass is 561 g/mol. The lowest BCUT2D eigenvalue weighted by Gasteiger charge is -2.14. The zero-order valence-corrected chi connectivity index (χ0v) is 22.8. The number of fused-ring (bicyclic) bond motifs is 6. The van der Waals surface area contributed by atoms with Gasteiger partial charge in [-0.3, -0.25) is 0 Å². The fraction of sp³-hybridized carbons (Fsp3) is 0.0270. The Morgan fingerprint density at radius 1 is 0.487 bits per heavy atom. The minimum absolute atomic E-state index is 0.254. The first-order valence-electron chi connectivity index (χ1n) is 13.3. The Balaban J connectivity index is 1.32. The summed E-state index contributed by atoms with van der Waals surface area (Å²) in [6, 6.07) is 50.9. The second-order valence-corrected chi connectivity index (χ2v) is 11.2. The molecule has 0 aliphatic heterocycles. The first-order valence-corrected chi connectivity index (χ1v) is 14.1. The first-order chi connectivity index (χ1) is 19.3. The highest BCUT2D eigenvalue weighted by atomic mass is 79.9. The molecule has 0 N–H and O–H groups in total. The summed E-state index contributed by atoms with van der Waals surface area (Å²) in [5, 5.41) is 2.55. The quantitative estimate of drug-likeness (QED) is 0.202. The summed E-state index contributed by atoms with van der Waals surface area (Å²) < 4.78 is 3.48. The van der Waals surface area contributed by atoms with Gasteiger partial charge in [-0.25, -0.2) is 0 Å². The van der Waals surface area contributed by atoms with E-state index in [0.29, 0.717) is 0 Å². The van der Waals surface area contributed by atoms with Crippen molar-refractivity contribution in [3.8, 4) is 27.9 Å². The Labute approximate surface area is 236 Å². The van der Waals surface area contributed by atoms with Gasteiger partial charge < -0.3 is 4.57 Å². The van der Waals surface area contributed by atoms with Crippen molar-refractivity contribution >= 4 is 37.7 Å². The SMILES string of the molecule is Brc1ccc2c(c1)-c1cc(-c3ccc4c(c3)c3ccccc3n4-c3ccccc3)ccc1C2c1ccccc1. The average Bonchev–Trinajstić information content (AvgIpc) is 3.50. The first kappa shape index (κ1) is 22.6. The number of benzene rings is 6. The number of hydrogen-bond acceptors (Lipinski definition) is 0. The van der Waals surface area contributed by atoms with Gasteiger partial charge in [0.15, 0.2) is 0 Å². The van der Waals surface area contributed by atoms with Gasteiger partial charge in [-0.1, -0.05) is 107 Å². The molecule has 1 atom stereocenters. The summed E-state index contributed by atoms with van der Waals surface area (Å²) in [5.41, 5.74) is 12.8. The van der Waals surface area contributed by atoms with Gasteiger partial charge in [-0.2, -0.15) is 0 Å². The molecule has 39 heavy (non-hydrogen) atoms. The molecule has 2 heteroatoms. The van der Waals surface area contributed by atoms with Crippen LogP contribution >= 0.6 is 15.9 Å². The molecule has 0 spiro atoms. The van der Waals surface area contributed by atoms with Gasteiger partial charge in [0.1, 0.15) is 0 Å². The maximum Gasteiger partial charge on any atom is 0.0541 e. The van der Waals surface area contributed by atoms with Gasteiger partial charge in [0.2, 0.25) is 0 Å². The highest BCUT2D eigenvalue weighted by Gasteiger charge is 2.30. The van der Waals surface area contributed by atoms with Crippen LogP contribution in [0, 0.1) is 0 Å². The van der Waals surface area contributed by atoms with Crippen molar-refractivity contribution in [1.82, 2.24) is 4.57 Å². The van der Waals surface area contributed by atoms with Crippen LogP contribution in [0.2, 0.25) is 0 Å². The molecule has 0 amide bonds. The van der Waals surface area contributed by atoms with Crippen molar-refractivity contribution in [2.75, 3.05) is 0 Å². The molecule has 8 rings (SSSR count). The molecule has 1 unspecified atom stereocenters. The maximum absolute atomic E-state index is 3.73. The fourth-order valence-electron chi connectivity index (χ4n) is 6.41. The van der Waals surface area contributed by atoms with Crippen LogP contribution in [0.25, 0.3) is 49.7 Å². The van der Waals surface area contributed by atoms with Crippen molar-refractivity contribution < 1.29 is 0 Å². The molecule has 0 saturated carbocycles. The Kier molecular flexibility index (Phi) is 5.11. The predicted molar refractivity (Wildman–Crippen MR) is 167 cm³/mol. The van der Waals surface area contributed by atoms with Gasteiger partial charge in [0.25, 0.3) is 0 Å². The number of aromatic nitrogens is 1. The van der Waals surface area contributed by atoms with E-state index in [0.717, 1.165) is 4.47 Å². The Morgan fingerprint density at radius 2 is 1.10 bits per heavy atom. The van der Waals surface area contributed by atoms with Crippen LogP contribution in [0.3, 0.4) is 0 Å². The summed E-state index contributed by atoms with van der Waals surface area (Å²) >= 11 is 3.73. The second kappa shape index (κ2) is 8.83. The molecule has 0 radical (unpaired) electrons. The molecule has 1 aliphatic carbocycles. The lowest BCUT2D eigenvalue weighted by Crippen LogP contribution is -1.98. The van der Waals surface area contributed by atoms with E-state index in [1.54, 1.807) is 0 Å². The zero-order chi connectivity index (χ0) is 25.9. The van der Waals surface area contributed by atoms with E-state index in [-0.39, 0.29) is 5.92 Å². The Morgan fingerprint density at radius 3 is 1.92 bits per heavy atom. The van der Waals surface area contributed by atoms with Crippen LogP contribution in [0.4, 0.5) is 0 Å².